The molecule has 0 heterocycles. The standard InChI is InChI=1S/C19H27N3O5S/c1-19(2,18(26)27)9-14(22-17(25)15(11-28)20-3)8-12-4-6-13(7-5-12)21-10-16(23)24/h4-7,11,14,20-21,28H,8-10H2,1-3H3,(H,22,25)(H,23,24)(H,26,27)/b15-11-/t14-/m0/s1. The monoisotopic (exact) mass is 409 g/mol. The van der Waals surface area contributed by atoms with Gasteiger partial charge in [-0.2, -0.15) is 0 Å². The molecule has 0 saturated heterocycles. The van der Waals surface area contributed by atoms with Gasteiger partial charge < -0.3 is 26.2 Å². The molecule has 0 spiro atoms. The lowest BCUT2D eigenvalue weighted by atomic mass is 9.84. The minimum atomic E-state index is -1.02. The van der Waals surface area contributed by atoms with E-state index in [1.165, 1.54) is 5.41 Å². The van der Waals surface area contributed by atoms with E-state index in [1.54, 1.807) is 33.0 Å². The number of benzene rings is 1. The summed E-state index contributed by atoms with van der Waals surface area (Å²) in [6.07, 6.45) is 0.655. The Hall–Kier alpha value is -2.68. The highest BCUT2D eigenvalue weighted by molar-refractivity contribution is 7.83. The maximum absolute atomic E-state index is 12.4. The van der Waals surface area contributed by atoms with E-state index in [-0.39, 0.29) is 24.6 Å². The number of carboxylic acid groups (broad SMARTS) is 2. The topological polar surface area (TPSA) is 128 Å². The molecule has 8 nitrogen and oxygen atoms in total. The van der Waals surface area contributed by atoms with Crippen LogP contribution < -0.4 is 16.0 Å². The van der Waals surface area contributed by atoms with Gasteiger partial charge in [0, 0.05) is 18.8 Å². The number of hydrogen-bond donors (Lipinski definition) is 6. The molecule has 0 fully saturated rings. The van der Waals surface area contributed by atoms with Gasteiger partial charge in [-0.25, -0.2) is 0 Å². The fourth-order valence-corrected chi connectivity index (χ4v) is 2.84. The second-order valence-corrected chi connectivity index (χ2v) is 7.26. The molecular weight excluding hydrogens is 382 g/mol. The van der Waals surface area contributed by atoms with E-state index in [0.29, 0.717) is 12.1 Å². The number of nitrogens with one attached hydrogen (secondary N) is 3. The fourth-order valence-electron chi connectivity index (χ4n) is 2.60. The van der Waals surface area contributed by atoms with Crippen molar-refractivity contribution in [2.75, 3.05) is 18.9 Å². The number of carbonyl (C=O) groups is 3. The number of likely N-dealkylation sites (N-methyl/N-ethyl adjacent to an activating group) is 1. The number of thiol groups is 1. The zero-order chi connectivity index (χ0) is 21.3. The van der Waals surface area contributed by atoms with Crippen molar-refractivity contribution in [3.8, 4) is 0 Å². The first kappa shape index (κ1) is 23.4. The van der Waals surface area contributed by atoms with Gasteiger partial charge >= 0.3 is 11.9 Å². The molecule has 0 aliphatic carbocycles. The van der Waals surface area contributed by atoms with E-state index in [9.17, 15) is 19.5 Å². The lowest BCUT2D eigenvalue weighted by Gasteiger charge is -2.27. The van der Waals surface area contributed by atoms with Crippen molar-refractivity contribution in [1.29, 1.82) is 0 Å². The Balaban J connectivity index is 2.93. The zero-order valence-electron chi connectivity index (χ0n) is 16.2. The van der Waals surface area contributed by atoms with E-state index in [4.69, 9.17) is 5.11 Å². The summed E-state index contributed by atoms with van der Waals surface area (Å²) in [5.41, 5.74) is 0.793. The van der Waals surface area contributed by atoms with Gasteiger partial charge in [-0.05, 0) is 49.8 Å². The van der Waals surface area contributed by atoms with Crippen LogP contribution in [-0.4, -0.2) is 47.7 Å². The molecule has 1 amide bonds. The molecule has 1 aromatic carbocycles. The van der Waals surface area contributed by atoms with Crippen LogP contribution in [0.4, 0.5) is 5.69 Å². The summed E-state index contributed by atoms with van der Waals surface area (Å²) >= 11 is 3.99. The first-order valence-electron chi connectivity index (χ1n) is 8.70. The molecule has 0 saturated carbocycles. The largest absolute Gasteiger partial charge is 0.481 e. The van der Waals surface area contributed by atoms with Crippen LogP contribution in [0.15, 0.2) is 35.4 Å². The predicted octanol–water partition coefficient (Wildman–Crippen LogP) is 1.70. The quantitative estimate of drug-likeness (QED) is 0.242. The molecule has 1 atom stereocenters. The van der Waals surface area contributed by atoms with Crippen molar-refractivity contribution in [2.24, 2.45) is 5.41 Å². The van der Waals surface area contributed by atoms with Crippen LogP contribution in [-0.2, 0) is 20.8 Å². The third-order valence-electron chi connectivity index (χ3n) is 4.19. The SMILES string of the molecule is CN/C(=C\S)C(=O)N[C@@H](Cc1ccc(NCC(=O)O)cc1)CC(C)(C)C(=O)O. The molecule has 154 valence electrons. The number of carboxylic acids is 2. The Morgan fingerprint density at radius 3 is 2.25 bits per heavy atom. The second kappa shape index (κ2) is 10.6. The molecule has 0 aromatic heterocycles. The minimum absolute atomic E-state index is 0.187. The van der Waals surface area contributed by atoms with Crippen LogP contribution in [0.1, 0.15) is 25.8 Å². The third kappa shape index (κ3) is 7.51. The van der Waals surface area contributed by atoms with Crippen LogP contribution in [0.3, 0.4) is 0 Å². The Bertz CT molecular complexity index is 732. The zero-order valence-corrected chi connectivity index (χ0v) is 17.0. The van der Waals surface area contributed by atoms with Gasteiger partial charge in [-0.1, -0.05) is 12.1 Å². The summed E-state index contributed by atoms with van der Waals surface area (Å²) in [4.78, 5) is 34.5. The highest BCUT2D eigenvalue weighted by Crippen LogP contribution is 2.25. The van der Waals surface area contributed by atoms with Gasteiger partial charge in [0.1, 0.15) is 12.2 Å². The minimum Gasteiger partial charge on any atom is -0.481 e. The normalized spacial score (nSPS) is 12.8. The highest BCUT2D eigenvalue weighted by Gasteiger charge is 2.31. The van der Waals surface area contributed by atoms with Crippen LogP contribution in [0, 0.1) is 5.41 Å². The lowest BCUT2D eigenvalue weighted by Crippen LogP contribution is -2.43. The van der Waals surface area contributed by atoms with E-state index >= 15 is 0 Å². The van der Waals surface area contributed by atoms with Gasteiger partial charge in [0.05, 0.1) is 5.41 Å². The summed E-state index contributed by atoms with van der Waals surface area (Å²) < 4.78 is 0. The Morgan fingerprint density at radius 1 is 1.18 bits per heavy atom. The molecular formula is C19H27N3O5S. The summed E-state index contributed by atoms with van der Waals surface area (Å²) in [6, 6.07) is 6.68. The molecule has 0 bridgehead atoms. The van der Waals surface area contributed by atoms with Gasteiger partial charge in [-0.3, -0.25) is 14.4 Å². The Morgan fingerprint density at radius 2 is 1.79 bits per heavy atom. The number of amides is 1. The molecule has 28 heavy (non-hydrogen) atoms. The molecule has 0 aliphatic rings. The first-order valence-corrected chi connectivity index (χ1v) is 9.21. The molecule has 0 unspecified atom stereocenters. The van der Waals surface area contributed by atoms with Crippen LogP contribution in [0.2, 0.25) is 0 Å². The maximum Gasteiger partial charge on any atom is 0.322 e. The van der Waals surface area contributed by atoms with Gasteiger partial charge in [-0.15, -0.1) is 12.6 Å². The number of rotatable bonds is 11. The molecule has 9 heteroatoms. The summed E-state index contributed by atoms with van der Waals surface area (Å²) in [7, 11) is 1.60. The number of hydrogen-bond acceptors (Lipinski definition) is 6. The van der Waals surface area contributed by atoms with Crippen LogP contribution in [0.25, 0.3) is 0 Å². The molecule has 1 rings (SSSR count). The number of carbonyl (C=O) groups excluding carboxylic acids is 1. The van der Waals surface area contributed by atoms with Crippen LogP contribution in [0.5, 0.6) is 0 Å². The van der Waals surface area contributed by atoms with Crippen molar-refractivity contribution >= 4 is 36.2 Å². The van der Waals surface area contributed by atoms with E-state index < -0.39 is 23.4 Å². The van der Waals surface area contributed by atoms with E-state index in [0.717, 1.165) is 5.56 Å². The summed E-state index contributed by atoms with van der Waals surface area (Å²) in [5, 5.41) is 27.8. The van der Waals surface area contributed by atoms with E-state index in [1.807, 2.05) is 12.1 Å². The smallest absolute Gasteiger partial charge is 0.322 e. The summed E-state index contributed by atoms with van der Waals surface area (Å²) in [5.74, 6) is -2.28. The van der Waals surface area contributed by atoms with Crippen molar-refractivity contribution in [2.45, 2.75) is 32.7 Å². The van der Waals surface area contributed by atoms with Crippen molar-refractivity contribution in [1.82, 2.24) is 10.6 Å². The first-order chi connectivity index (χ1) is 13.1. The fraction of sp³-hybridized carbons (Fsp3) is 0.421. The average molecular weight is 410 g/mol. The van der Waals surface area contributed by atoms with Gasteiger partial charge in [0.25, 0.3) is 5.91 Å². The van der Waals surface area contributed by atoms with E-state index in [2.05, 4.69) is 28.6 Å². The molecule has 0 radical (unpaired) electrons. The highest BCUT2D eigenvalue weighted by atomic mass is 32.1. The van der Waals surface area contributed by atoms with Gasteiger partial charge in [0.15, 0.2) is 0 Å². The lowest BCUT2D eigenvalue weighted by molar-refractivity contribution is -0.147. The average Bonchev–Trinajstić information content (AvgIpc) is 2.61. The third-order valence-corrected chi connectivity index (χ3v) is 4.45. The second-order valence-electron chi connectivity index (χ2n) is 7.00. The molecule has 5 N–H and O–H groups in total. The Labute approximate surface area is 169 Å². The van der Waals surface area contributed by atoms with Crippen LogP contribution >= 0.6 is 12.6 Å². The molecule has 0 aliphatic heterocycles. The number of anilines is 1. The van der Waals surface area contributed by atoms with Crippen molar-refractivity contribution < 1.29 is 24.6 Å². The molecule has 1 aromatic rings. The summed E-state index contributed by atoms with van der Waals surface area (Å²) in [6.45, 7) is 3.04. The predicted molar refractivity (Wildman–Crippen MR) is 110 cm³/mol. The van der Waals surface area contributed by atoms with Crippen molar-refractivity contribution in [3.05, 3.63) is 40.9 Å². The Kier molecular flexibility index (Phi) is 8.84. The maximum atomic E-state index is 12.4. The number of aliphatic carboxylic acids is 2. The van der Waals surface area contributed by atoms with Crippen molar-refractivity contribution in [3.63, 3.8) is 0 Å². The van der Waals surface area contributed by atoms with Gasteiger partial charge in [0.2, 0.25) is 0 Å².